The number of nitrogens with two attached hydrogens (primary N) is 1. The van der Waals surface area contributed by atoms with Crippen LogP contribution in [0.25, 0.3) is 0 Å². The van der Waals surface area contributed by atoms with Gasteiger partial charge in [-0.3, -0.25) is 19.3 Å². The fourth-order valence-corrected chi connectivity index (χ4v) is 4.45. The van der Waals surface area contributed by atoms with Crippen LogP contribution in [0.2, 0.25) is 5.02 Å². The minimum absolute atomic E-state index is 0.0166. The number of thioether (sulfide) groups is 1. The van der Waals surface area contributed by atoms with Crippen molar-refractivity contribution >= 4 is 47.5 Å². The molecule has 1 aromatic rings. The van der Waals surface area contributed by atoms with Crippen LogP contribution in [-0.2, 0) is 25.7 Å². The Morgan fingerprint density at radius 2 is 1.97 bits per heavy atom. The number of piperidine rings is 1. The van der Waals surface area contributed by atoms with E-state index in [0.717, 1.165) is 42.9 Å². The van der Waals surface area contributed by atoms with Gasteiger partial charge in [0.2, 0.25) is 5.91 Å². The Hall–Kier alpha value is -2.40. The monoisotopic (exact) mass is 527 g/mol. The number of nitrogens with zero attached hydrogens (tertiary/aromatic N) is 1. The van der Waals surface area contributed by atoms with Crippen LogP contribution in [-0.4, -0.2) is 75.9 Å². The molecule has 11 heteroatoms. The van der Waals surface area contributed by atoms with Gasteiger partial charge >= 0.3 is 11.9 Å². The summed E-state index contributed by atoms with van der Waals surface area (Å²) >= 11 is 8.02. The molecule has 1 amide bonds. The molecular weight excluding hydrogens is 494 g/mol. The van der Waals surface area contributed by atoms with Gasteiger partial charge in [0, 0.05) is 36.3 Å². The van der Waals surface area contributed by atoms with Gasteiger partial charge in [0.15, 0.2) is 0 Å². The van der Waals surface area contributed by atoms with Crippen molar-refractivity contribution in [3.05, 3.63) is 46.5 Å². The van der Waals surface area contributed by atoms with Crippen LogP contribution >= 0.6 is 23.4 Å². The Morgan fingerprint density at radius 3 is 2.51 bits per heavy atom. The first-order valence-electron chi connectivity index (χ1n) is 11.3. The number of carbonyl (C=O) groups excluding carboxylic acids is 2. The molecule has 0 spiro atoms. The lowest BCUT2D eigenvalue weighted by Gasteiger charge is -2.33. The fraction of sp³-hybridized carbons (Fsp3) is 0.500. The summed E-state index contributed by atoms with van der Waals surface area (Å²) in [5.41, 5.74) is 7.57. The van der Waals surface area contributed by atoms with Crippen LogP contribution in [0.1, 0.15) is 38.2 Å². The quantitative estimate of drug-likeness (QED) is 0.251. The van der Waals surface area contributed by atoms with Crippen molar-refractivity contribution in [3.63, 3.8) is 0 Å². The van der Waals surface area contributed by atoms with Crippen molar-refractivity contribution in [2.45, 2.75) is 56.5 Å². The standard InChI is InChI=1S/C15H18ClNOS.C9H16N2O5/c1-19-15-6-8-17(11-13(15)7-9-18)10-12-4-2-3-5-14(12)16;1-2-6(9(15)16)11-7(12)4-3-5(10)8(13)14/h2-5,7,9,15H,6,8,10-11H2,1H3;5-6H,2-4,10H2,1H3,(H,11,12)(H,13,14)(H,15,16)/b13-7-;. The first kappa shape index (κ1) is 30.6. The van der Waals surface area contributed by atoms with E-state index in [4.69, 9.17) is 27.5 Å². The Balaban J connectivity index is 0.000000357. The molecule has 1 heterocycles. The van der Waals surface area contributed by atoms with Gasteiger partial charge in [-0.1, -0.05) is 36.7 Å². The molecule has 3 atom stereocenters. The molecule has 0 bridgehead atoms. The fourth-order valence-electron chi connectivity index (χ4n) is 3.46. The van der Waals surface area contributed by atoms with E-state index < -0.39 is 29.9 Å². The van der Waals surface area contributed by atoms with E-state index in [9.17, 15) is 19.2 Å². The molecular formula is C24H34ClN3O6S. The van der Waals surface area contributed by atoms with E-state index >= 15 is 0 Å². The maximum absolute atomic E-state index is 11.2. The maximum atomic E-state index is 11.2. The number of halogens is 1. The summed E-state index contributed by atoms with van der Waals surface area (Å²) in [6, 6.07) is 5.91. The number of hydrogen-bond donors (Lipinski definition) is 4. The molecule has 0 saturated carbocycles. The molecule has 0 radical (unpaired) electrons. The summed E-state index contributed by atoms with van der Waals surface area (Å²) in [4.78, 5) is 45.2. The number of aliphatic carboxylic acids is 2. The van der Waals surface area contributed by atoms with E-state index in [-0.39, 0.29) is 19.3 Å². The van der Waals surface area contributed by atoms with Crippen LogP contribution < -0.4 is 11.1 Å². The molecule has 1 fully saturated rings. The molecule has 1 aliphatic heterocycles. The predicted octanol–water partition coefficient (Wildman–Crippen LogP) is 2.56. The Labute approximate surface area is 215 Å². The first-order valence-corrected chi connectivity index (χ1v) is 12.9. The molecule has 1 aliphatic rings. The lowest BCUT2D eigenvalue weighted by Crippen LogP contribution is -2.41. The number of aldehydes is 1. The Bertz CT molecular complexity index is 898. The molecule has 0 aromatic heterocycles. The smallest absolute Gasteiger partial charge is 0.326 e. The van der Waals surface area contributed by atoms with Crippen LogP contribution in [0.3, 0.4) is 0 Å². The predicted molar refractivity (Wildman–Crippen MR) is 137 cm³/mol. The number of benzene rings is 1. The molecule has 35 heavy (non-hydrogen) atoms. The number of amides is 1. The second-order valence-electron chi connectivity index (χ2n) is 8.04. The average molecular weight is 528 g/mol. The minimum Gasteiger partial charge on any atom is -0.480 e. The summed E-state index contributed by atoms with van der Waals surface area (Å²) < 4.78 is 0. The van der Waals surface area contributed by atoms with Gasteiger partial charge in [0.05, 0.1) is 0 Å². The molecule has 3 unspecified atom stereocenters. The van der Waals surface area contributed by atoms with Gasteiger partial charge < -0.3 is 21.3 Å². The van der Waals surface area contributed by atoms with Crippen molar-refractivity contribution in [1.29, 1.82) is 0 Å². The van der Waals surface area contributed by atoms with E-state index in [1.54, 1.807) is 13.0 Å². The topological polar surface area (TPSA) is 150 Å². The second-order valence-corrected chi connectivity index (χ2v) is 9.49. The lowest BCUT2D eigenvalue weighted by molar-refractivity contribution is -0.142. The average Bonchev–Trinajstić information content (AvgIpc) is 2.83. The summed E-state index contributed by atoms with van der Waals surface area (Å²) in [5, 5.41) is 20.7. The summed E-state index contributed by atoms with van der Waals surface area (Å²) in [6.45, 7) is 4.38. The highest BCUT2D eigenvalue weighted by molar-refractivity contribution is 7.99. The highest BCUT2D eigenvalue weighted by Crippen LogP contribution is 2.27. The number of carboxylic acid groups (broad SMARTS) is 2. The molecule has 2 rings (SSSR count). The number of nitrogens with one attached hydrogen (secondary N) is 1. The van der Waals surface area contributed by atoms with Crippen LogP contribution in [0.15, 0.2) is 35.9 Å². The third-order valence-electron chi connectivity index (χ3n) is 5.49. The highest BCUT2D eigenvalue weighted by atomic mass is 35.5. The van der Waals surface area contributed by atoms with Gasteiger partial charge in [-0.05, 0) is 48.8 Å². The zero-order chi connectivity index (χ0) is 26.4. The number of carboxylic acids is 2. The summed E-state index contributed by atoms with van der Waals surface area (Å²) in [5.74, 6) is -2.80. The largest absolute Gasteiger partial charge is 0.480 e. The lowest BCUT2D eigenvalue weighted by atomic mass is 10.0. The molecule has 1 saturated heterocycles. The maximum Gasteiger partial charge on any atom is 0.326 e. The van der Waals surface area contributed by atoms with Crippen molar-refractivity contribution in [2.24, 2.45) is 5.73 Å². The number of allylic oxidation sites excluding steroid dienone is 1. The van der Waals surface area contributed by atoms with Crippen LogP contribution in [0.5, 0.6) is 0 Å². The van der Waals surface area contributed by atoms with E-state index in [1.165, 1.54) is 5.57 Å². The third-order valence-corrected chi connectivity index (χ3v) is 6.96. The number of hydrogen-bond acceptors (Lipinski definition) is 7. The van der Waals surface area contributed by atoms with E-state index in [2.05, 4.69) is 22.5 Å². The SMILES string of the molecule is CCC(NC(=O)CCC(N)C(=O)O)C(=O)O.CSC1CCN(Cc2ccccc2Cl)C/C1=C/C=O. The van der Waals surface area contributed by atoms with Crippen molar-refractivity contribution in [2.75, 3.05) is 19.3 Å². The zero-order valence-corrected chi connectivity index (χ0v) is 21.6. The van der Waals surface area contributed by atoms with Crippen LogP contribution in [0, 0.1) is 0 Å². The van der Waals surface area contributed by atoms with E-state index in [0.29, 0.717) is 5.25 Å². The molecule has 1 aromatic carbocycles. The van der Waals surface area contributed by atoms with Gasteiger partial charge in [-0.2, -0.15) is 11.8 Å². The minimum atomic E-state index is -1.18. The van der Waals surface area contributed by atoms with Crippen molar-refractivity contribution in [1.82, 2.24) is 10.2 Å². The normalized spacial score (nSPS) is 18.6. The number of rotatable bonds is 11. The zero-order valence-electron chi connectivity index (χ0n) is 20.0. The number of carbonyl (C=O) groups is 4. The van der Waals surface area contributed by atoms with Crippen LogP contribution in [0.4, 0.5) is 0 Å². The third kappa shape index (κ3) is 11.3. The second kappa shape index (κ2) is 16.3. The highest BCUT2D eigenvalue weighted by Gasteiger charge is 2.23. The van der Waals surface area contributed by atoms with Gasteiger partial charge in [0.25, 0.3) is 0 Å². The molecule has 5 N–H and O–H groups in total. The van der Waals surface area contributed by atoms with Crippen molar-refractivity contribution < 1.29 is 29.4 Å². The Morgan fingerprint density at radius 1 is 1.29 bits per heavy atom. The number of likely N-dealkylation sites (tertiary alicyclic amines) is 1. The van der Waals surface area contributed by atoms with Gasteiger partial charge in [0.1, 0.15) is 18.4 Å². The van der Waals surface area contributed by atoms with Gasteiger partial charge in [-0.15, -0.1) is 0 Å². The first-order chi connectivity index (χ1) is 16.6. The summed E-state index contributed by atoms with van der Waals surface area (Å²) in [6.07, 6.45) is 5.97. The van der Waals surface area contributed by atoms with Gasteiger partial charge in [-0.25, -0.2) is 4.79 Å². The summed E-state index contributed by atoms with van der Waals surface area (Å²) in [7, 11) is 0. The molecule has 0 aliphatic carbocycles. The molecule has 194 valence electrons. The van der Waals surface area contributed by atoms with Crippen molar-refractivity contribution in [3.8, 4) is 0 Å². The Kier molecular flexibility index (Phi) is 14.3. The molecule has 9 nitrogen and oxygen atoms in total. The van der Waals surface area contributed by atoms with E-state index in [1.807, 2.05) is 30.0 Å².